The second kappa shape index (κ2) is 15.4. The number of halogens is 2. The first-order valence-electron chi connectivity index (χ1n) is 13.0. The van der Waals surface area contributed by atoms with Crippen LogP contribution in [0.2, 0.25) is 0 Å². The lowest BCUT2D eigenvalue weighted by Gasteiger charge is -2.08. The average molecular weight is 505 g/mol. The van der Waals surface area contributed by atoms with Crippen LogP contribution < -0.4 is 9.47 Å². The van der Waals surface area contributed by atoms with Crippen LogP contribution in [0.3, 0.4) is 0 Å². The number of rotatable bonds is 13. The number of ether oxygens (including phenoxy) is 2. The van der Waals surface area contributed by atoms with E-state index in [9.17, 15) is 8.78 Å². The van der Waals surface area contributed by atoms with E-state index >= 15 is 0 Å². The molecule has 0 aliphatic carbocycles. The Labute approximate surface area is 218 Å². The number of hydrogen-bond donors (Lipinski definition) is 0. The summed E-state index contributed by atoms with van der Waals surface area (Å²) in [7, 11) is 0. The summed E-state index contributed by atoms with van der Waals surface area (Å²) in [6, 6.07) is 17.4. The summed E-state index contributed by atoms with van der Waals surface area (Å²) in [5.74, 6) is 4.30. The quantitative estimate of drug-likeness (QED) is 0.132. The van der Waals surface area contributed by atoms with Crippen molar-refractivity contribution in [1.82, 2.24) is 0 Å². The summed E-state index contributed by atoms with van der Waals surface area (Å²) in [6.07, 6.45) is 7.40. The monoisotopic (exact) mass is 504 g/mol. The van der Waals surface area contributed by atoms with E-state index in [1.165, 1.54) is 18.6 Å². The molecular weight excluding hydrogens is 470 g/mol. The summed E-state index contributed by atoms with van der Waals surface area (Å²) in [5, 5.41) is 8.47. The van der Waals surface area contributed by atoms with Crippen molar-refractivity contribution in [3.8, 4) is 23.3 Å². The van der Waals surface area contributed by atoms with E-state index in [4.69, 9.17) is 9.47 Å². The maximum Gasteiger partial charge on any atom is 0.201 e. The molecule has 0 atom stereocenters. The topological polar surface area (TPSA) is 43.2 Å². The van der Waals surface area contributed by atoms with Gasteiger partial charge in [0.15, 0.2) is 11.6 Å². The van der Waals surface area contributed by atoms with Crippen LogP contribution in [0.4, 0.5) is 20.2 Å². The zero-order valence-electron chi connectivity index (χ0n) is 21.6. The molecule has 0 N–H and O–H groups in total. The van der Waals surface area contributed by atoms with Gasteiger partial charge in [0.05, 0.1) is 30.2 Å². The molecule has 4 nitrogen and oxygen atoms in total. The smallest absolute Gasteiger partial charge is 0.201 e. The van der Waals surface area contributed by atoms with Gasteiger partial charge in [0.1, 0.15) is 5.75 Å². The zero-order valence-corrected chi connectivity index (χ0v) is 21.6. The maximum absolute atomic E-state index is 14.5. The van der Waals surface area contributed by atoms with Gasteiger partial charge in [-0.25, -0.2) is 4.39 Å². The van der Waals surface area contributed by atoms with Crippen molar-refractivity contribution in [2.24, 2.45) is 10.2 Å². The van der Waals surface area contributed by atoms with Crippen LogP contribution in [-0.4, -0.2) is 13.2 Å². The molecule has 0 fully saturated rings. The predicted molar refractivity (Wildman–Crippen MR) is 144 cm³/mol. The van der Waals surface area contributed by atoms with Gasteiger partial charge in [0, 0.05) is 5.56 Å². The van der Waals surface area contributed by atoms with Gasteiger partial charge >= 0.3 is 0 Å². The highest BCUT2D eigenvalue weighted by Crippen LogP contribution is 2.24. The maximum atomic E-state index is 14.5. The van der Waals surface area contributed by atoms with Gasteiger partial charge in [-0.05, 0) is 73.5 Å². The molecule has 3 aromatic rings. The molecule has 0 bridgehead atoms. The van der Waals surface area contributed by atoms with Gasteiger partial charge in [-0.3, -0.25) is 0 Å². The van der Waals surface area contributed by atoms with Crippen LogP contribution in [0, 0.1) is 23.5 Å². The second-order valence-electron chi connectivity index (χ2n) is 8.69. The highest BCUT2D eigenvalue weighted by atomic mass is 19.2. The van der Waals surface area contributed by atoms with Crippen LogP contribution in [0.25, 0.3) is 0 Å². The zero-order chi connectivity index (χ0) is 26.3. The third kappa shape index (κ3) is 9.34. The molecule has 0 aromatic heterocycles. The van der Waals surface area contributed by atoms with Gasteiger partial charge in [-0.1, -0.05) is 57.8 Å². The molecule has 0 spiro atoms. The Hall–Kier alpha value is -3.72. The third-order valence-electron chi connectivity index (χ3n) is 5.65. The van der Waals surface area contributed by atoms with Gasteiger partial charge < -0.3 is 9.47 Å². The number of benzene rings is 3. The van der Waals surface area contributed by atoms with Crippen LogP contribution >= 0.6 is 0 Å². The average Bonchev–Trinajstić information content (AvgIpc) is 2.92. The summed E-state index contributed by atoms with van der Waals surface area (Å²) >= 11 is 0. The molecule has 37 heavy (non-hydrogen) atoms. The van der Waals surface area contributed by atoms with E-state index in [-0.39, 0.29) is 11.3 Å². The first-order chi connectivity index (χ1) is 18.1. The lowest BCUT2D eigenvalue weighted by molar-refractivity contribution is 0.285. The van der Waals surface area contributed by atoms with E-state index < -0.39 is 11.6 Å². The molecule has 0 heterocycles. The first-order valence-corrected chi connectivity index (χ1v) is 13.0. The molecule has 0 saturated carbocycles. The molecule has 0 aliphatic rings. The van der Waals surface area contributed by atoms with Crippen LogP contribution in [-0.2, 0) is 0 Å². The van der Waals surface area contributed by atoms with Crippen molar-refractivity contribution >= 4 is 11.4 Å². The predicted octanol–water partition coefficient (Wildman–Crippen LogP) is 9.31. The fourth-order valence-corrected chi connectivity index (χ4v) is 3.44. The highest BCUT2D eigenvalue weighted by molar-refractivity contribution is 5.49. The molecule has 0 unspecified atom stereocenters. The fraction of sp³-hybridized carbons (Fsp3) is 0.355. The van der Waals surface area contributed by atoms with Crippen molar-refractivity contribution < 1.29 is 18.3 Å². The summed E-state index contributed by atoms with van der Waals surface area (Å²) < 4.78 is 39.9. The molecule has 3 rings (SSSR count). The summed E-state index contributed by atoms with van der Waals surface area (Å²) in [5.41, 5.74) is 2.01. The molecular formula is C31H34F2N2O2. The van der Waals surface area contributed by atoms with Crippen LogP contribution in [0.5, 0.6) is 11.5 Å². The Kier molecular flexibility index (Phi) is 11.6. The molecule has 0 aliphatic heterocycles. The van der Waals surface area contributed by atoms with Gasteiger partial charge in [-0.2, -0.15) is 14.6 Å². The fourth-order valence-electron chi connectivity index (χ4n) is 3.44. The van der Waals surface area contributed by atoms with Crippen molar-refractivity contribution in [1.29, 1.82) is 0 Å². The van der Waals surface area contributed by atoms with Gasteiger partial charge in [0.25, 0.3) is 0 Å². The second-order valence-corrected chi connectivity index (χ2v) is 8.69. The molecule has 0 radical (unpaired) electrons. The summed E-state index contributed by atoms with van der Waals surface area (Å²) in [4.78, 5) is 0. The Morgan fingerprint density at radius 2 is 1.24 bits per heavy atom. The van der Waals surface area contributed by atoms with Crippen molar-refractivity contribution in [2.45, 2.75) is 58.8 Å². The van der Waals surface area contributed by atoms with E-state index in [0.717, 1.165) is 44.3 Å². The van der Waals surface area contributed by atoms with Crippen LogP contribution in [0.15, 0.2) is 70.9 Å². The van der Waals surface area contributed by atoms with E-state index in [2.05, 4.69) is 35.9 Å². The minimum atomic E-state index is -1.00. The lowest BCUT2D eigenvalue weighted by Crippen LogP contribution is -2.02. The first kappa shape index (κ1) is 27.9. The molecule has 0 saturated heterocycles. The minimum Gasteiger partial charge on any atom is -0.494 e. The number of hydrogen-bond acceptors (Lipinski definition) is 4. The van der Waals surface area contributed by atoms with Crippen molar-refractivity contribution in [2.75, 3.05) is 13.2 Å². The normalized spacial score (nSPS) is 10.8. The van der Waals surface area contributed by atoms with Crippen LogP contribution in [0.1, 0.15) is 69.9 Å². The molecule has 6 heteroatoms. The minimum absolute atomic E-state index is 0.0151. The Morgan fingerprint density at radius 1 is 0.622 bits per heavy atom. The largest absolute Gasteiger partial charge is 0.494 e. The molecule has 194 valence electrons. The Morgan fingerprint density at radius 3 is 1.92 bits per heavy atom. The lowest BCUT2D eigenvalue weighted by atomic mass is 10.1. The third-order valence-corrected chi connectivity index (χ3v) is 5.65. The standard InChI is InChI=1S/C31H34F2N2O2/c1-3-5-7-8-9-23-37-29-21-14-25(30(32)31(29)33)13-10-24-11-15-26(16-12-24)34-35-27-17-19-28(20-18-27)36-22-6-4-2/h11-12,14-21H,3-9,22-23H2,1-2H3. The highest BCUT2D eigenvalue weighted by Gasteiger charge is 2.13. The number of unbranched alkanes of at least 4 members (excludes halogenated alkanes) is 5. The molecule has 0 amide bonds. The Balaban J connectivity index is 1.55. The summed E-state index contributed by atoms with van der Waals surface area (Å²) in [6.45, 7) is 5.34. The molecule has 3 aromatic carbocycles. The number of azo groups is 1. The van der Waals surface area contributed by atoms with Gasteiger partial charge in [0.2, 0.25) is 5.82 Å². The van der Waals surface area contributed by atoms with E-state index in [1.54, 1.807) is 24.3 Å². The SMILES string of the molecule is CCCCCCCOc1ccc(C#Cc2ccc(N=Nc3ccc(OCCCC)cc3)cc2)c(F)c1F. The van der Waals surface area contributed by atoms with E-state index in [0.29, 0.717) is 30.2 Å². The number of nitrogens with zero attached hydrogens (tertiary/aromatic N) is 2. The van der Waals surface area contributed by atoms with Crippen molar-refractivity contribution in [3.63, 3.8) is 0 Å². The van der Waals surface area contributed by atoms with E-state index in [1.807, 2.05) is 24.3 Å². The van der Waals surface area contributed by atoms with Crippen molar-refractivity contribution in [3.05, 3.63) is 83.4 Å². The van der Waals surface area contributed by atoms with Gasteiger partial charge in [-0.15, -0.1) is 0 Å². The Bertz CT molecular complexity index is 1200.